The average molecular weight is 242 g/mol. The predicted molar refractivity (Wildman–Crippen MR) is 69.0 cm³/mol. The maximum Gasteiger partial charge on any atom is 0.307 e. The standard InChI is InChI=1S/C13H26N2O2/c1-12-4-7-15(8-5-12)9-6-13(16)17-11-10-14(2)3/h12H,4-11H2,1-3H3. The molecule has 0 unspecified atom stereocenters. The summed E-state index contributed by atoms with van der Waals surface area (Å²) in [5, 5.41) is 0. The van der Waals surface area contributed by atoms with Crippen LogP contribution in [0, 0.1) is 5.92 Å². The van der Waals surface area contributed by atoms with Gasteiger partial charge in [-0.25, -0.2) is 0 Å². The maximum atomic E-state index is 11.5. The highest BCUT2D eigenvalue weighted by molar-refractivity contribution is 5.69. The number of carbonyl (C=O) groups is 1. The van der Waals surface area contributed by atoms with Gasteiger partial charge in [0.25, 0.3) is 0 Å². The van der Waals surface area contributed by atoms with Gasteiger partial charge in [-0.15, -0.1) is 0 Å². The number of likely N-dealkylation sites (N-methyl/N-ethyl adjacent to an activating group) is 1. The van der Waals surface area contributed by atoms with Crippen LogP contribution in [-0.4, -0.2) is 62.7 Å². The summed E-state index contributed by atoms with van der Waals surface area (Å²) < 4.78 is 5.16. The van der Waals surface area contributed by atoms with E-state index in [4.69, 9.17) is 4.74 Å². The minimum atomic E-state index is -0.0644. The van der Waals surface area contributed by atoms with Gasteiger partial charge in [0.2, 0.25) is 0 Å². The van der Waals surface area contributed by atoms with Gasteiger partial charge in [-0.3, -0.25) is 4.79 Å². The highest BCUT2D eigenvalue weighted by Crippen LogP contribution is 2.15. The van der Waals surface area contributed by atoms with E-state index in [1.807, 2.05) is 19.0 Å². The van der Waals surface area contributed by atoms with Crippen molar-refractivity contribution >= 4 is 5.97 Å². The summed E-state index contributed by atoms with van der Waals surface area (Å²) >= 11 is 0. The zero-order valence-electron chi connectivity index (χ0n) is 11.4. The van der Waals surface area contributed by atoms with Crippen LogP contribution in [0.1, 0.15) is 26.2 Å². The summed E-state index contributed by atoms with van der Waals surface area (Å²) in [7, 11) is 3.95. The van der Waals surface area contributed by atoms with Gasteiger partial charge in [0, 0.05) is 13.1 Å². The van der Waals surface area contributed by atoms with E-state index in [1.54, 1.807) is 0 Å². The molecule has 1 fully saturated rings. The average Bonchev–Trinajstić information content (AvgIpc) is 2.28. The van der Waals surface area contributed by atoms with E-state index in [1.165, 1.54) is 12.8 Å². The normalized spacial score (nSPS) is 18.6. The van der Waals surface area contributed by atoms with Crippen molar-refractivity contribution < 1.29 is 9.53 Å². The van der Waals surface area contributed by atoms with E-state index in [2.05, 4.69) is 11.8 Å². The first-order valence-corrected chi connectivity index (χ1v) is 6.60. The number of carbonyl (C=O) groups excluding carboxylic acids is 1. The molecule has 17 heavy (non-hydrogen) atoms. The molecular formula is C13H26N2O2. The Balaban J connectivity index is 2.03. The van der Waals surface area contributed by atoms with Crippen molar-refractivity contribution in [2.45, 2.75) is 26.2 Å². The predicted octanol–water partition coefficient (Wildman–Crippen LogP) is 1.21. The molecule has 0 N–H and O–H groups in total. The zero-order chi connectivity index (χ0) is 12.7. The highest BCUT2D eigenvalue weighted by Gasteiger charge is 2.16. The van der Waals surface area contributed by atoms with Crippen LogP contribution in [0.5, 0.6) is 0 Å². The van der Waals surface area contributed by atoms with Gasteiger partial charge in [-0.2, -0.15) is 0 Å². The topological polar surface area (TPSA) is 32.8 Å². The second kappa shape index (κ2) is 7.67. The Morgan fingerprint density at radius 1 is 1.35 bits per heavy atom. The second-order valence-corrected chi connectivity index (χ2v) is 5.30. The number of rotatable bonds is 6. The van der Waals surface area contributed by atoms with Gasteiger partial charge in [-0.05, 0) is 45.9 Å². The lowest BCUT2D eigenvalue weighted by Gasteiger charge is -2.29. The number of hydrogen-bond donors (Lipinski definition) is 0. The molecule has 1 aliphatic heterocycles. The largest absolute Gasteiger partial charge is 0.464 e. The number of piperidine rings is 1. The summed E-state index contributed by atoms with van der Waals surface area (Å²) in [6.45, 7) is 6.72. The number of likely N-dealkylation sites (tertiary alicyclic amines) is 1. The number of nitrogens with zero attached hydrogens (tertiary/aromatic N) is 2. The lowest BCUT2D eigenvalue weighted by atomic mass is 9.99. The van der Waals surface area contributed by atoms with Gasteiger partial charge in [0.05, 0.1) is 6.42 Å². The van der Waals surface area contributed by atoms with Crippen LogP contribution >= 0.6 is 0 Å². The molecule has 1 saturated heterocycles. The van der Waals surface area contributed by atoms with E-state index in [-0.39, 0.29) is 5.97 Å². The van der Waals surface area contributed by atoms with Crippen LogP contribution in [0.3, 0.4) is 0 Å². The van der Waals surface area contributed by atoms with Crippen LogP contribution in [0.15, 0.2) is 0 Å². The van der Waals surface area contributed by atoms with Gasteiger partial charge in [0.1, 0.15) is 6.61 Å². The molecule has 0 bridgehead atoms. The maximum absolute atomic E-state index is 11.5. The minimum absolute atomic E-state index is 0.0644. The molecule has 100 valence electrons. The third kappa shape index (κ3) is 6.64. The first kappa shape index (κ1) is 14.5. The molecule has 0 aromatic carbocycles. The number of ether oxygens (including phenoxy) is 1. The molecule has 1 heterocycles. The van der Waals surface area contributed by atoms with Gasteiger partial charge in [0.15, 0.2) is 0 Å². The molecule has 4 nitrogen and oxygen atoms in total. The molecule has 0 atom stereocenters. The quantitative estimate of drug-likeness (QED) is 0.656. The molecular weight excluding hydrogens is 216 g/mol. The lowest BCUT2D eigenvalue weighted by molar-refractivity contribution is -0.144. The van der Waals surface area contributed by atoms with Crippen LogP contribution in [0.25, 0.3) is 0 Å². The Hall–Kier alpha value is -0.610. The van der Waals surface area contributed by atoms with Crippen molar-refractivity contribution in [2.24, 2.45) is 5.92 Å². The number of esters is 1. The van der Waals surface area contributed by atoms with Crippen LogP contribution in [-0.2, 0) is 9.53 Å². The molecule has 0 saturated carbocycles. The Kier molecular flexibility index (Phi) is 6.52. The summed E-state index contributed by atoms with van der Waals surface area (Å²) in [5.74, 6) is 0.781. The molecule has 0 amide bonds. The van der Waals surface area contributed by atoms with Gasteiger partial charge >= 0.3 is 5.97 Å². The first-order valence-electron chi connectivity index (χ1n) is 6.60. The van der Waals surface area contributed by atoms with Crippen molar-refractivity contribution in [2.75, 3.05) is 46.9 Å². The minimum Gasteiger partial charge on any atom is -0.464 e. The monoisotopic (exact) mass is 242 g/mol. The molecule has 0 aromatic rings. The van der Waals surface area contributed by atoms with Crippen molar-refractivity contribution in [3.8, 4) is 0 Å². The fourth-order valence-electron chi connectivity index (χ4n) is 1.95. The van der Waals surface area contributed by atoms with E-state index in [0.717, 1.165) is 32.1 Å². The summed E-state index contributed by atoms with van der Waals surface area (Å²) in [4.78, 5) is 15.8. The smallest absolute Gasteiger partial charge is 0.307 e. The Bertz CT molecular complexity index is 223. The third-order valence-corrected chi connectivity index (χ3v) is 3.31. The van der Waals surface area contributed by atoms with Crippen molar-refractivity contribution in [3.05, 3.63) is 0 Å². The van der Waals surface area contributed by atoms with E-state index in [9.17, 15) is 4.79 Å². The van der Waals surface area contributed by atoms with Crippen LogP contribution in [0.2, 0.25) is 0 Å². The van der Waals surface area contributed by atoms with Gasteiger partial charge < -0.3 is 14.5 Å². The molecule has 0 aliphatic carbocycles. The lowest BCUT2D eigenvalue weighted by Crippen LogP contribution is -2.34. The van der Waals surface area contributed by atoms with Crippen molar-refractivity contribution in [3.63, 3.8) is 0 Å². The number of hydrogen-bond acceptors (Lipinski definition) is 4. The molecule has 0 aromatic heterocycles. The van der Waals surface area contributed by atoms with Crippen molar-refractivity contribution in [1.29, 1.82) is 0 Å². The molecule has 0 spiro atoms. The van der Waals surface area contributed by atoms with Gasteiger partial charge in [-0.1, -0.05) is 6.92 Å². The molecule has 4 heteroatoms. The zero-order valence-corrected chi connectivity index (χ0v) is 11.4. The fraction of sp³-hybridized carbons (Fsp3) is 0.923. The van der Waals surface area contributed by atoms with Crippen molar-refractivity contribution in [1.82, 2.24) is 9.80 Å². The summed E-state index contributed by atoms with van der Waals surface area (Å²) in [6.07, 6.45) is 3.05. The summed E-state index contributed by atoms with van der Waals surface area (Å²) in [5.41, 5.74) is 0. The Morgan fingerprint density at radius 2 is 2.00 bits per heavy atom. The molecule has 1 rings (SSSR count). The summed E-state index contributed by atoms with van der Waals surface area (Å²) in [6, 6.07) is 0. The first-order chi connectivity index (χ1) is 8.08. The van der Waals surface area contributed by atoms with E-state index in [0.29, 0.717) is 13.0 Å². The molecule has 0 radical (unpaired) electrons. The van der Waals surface area contributed by atoms with E-state index < -0.39 is 0 Å². The Labute approximate surface area is 105 Å². The SMILES string of the molecule is CC1CCN(CCC(=O)OCCN(C)C)CC1. The highest BCUT2D eigenvalue weighted by atomic mass is 16.5. The van der Waals surface area contributed by atoms with Crippen LogP contribution < -0.4 is 0 Å². The van der Waals surface area contributed by atoms with E-state index >= 15 is 0 Å². The fourth-order valence-corrected chi connectivity index (χ4v) is 1.95. The Morgan fingerprint density at radius 3 is 2.59 bits per heavy atom. The molecule has 1 aliphatic rings. The second-order valence-electron chi connectivity index (χ2n) is 5.30. The third-order valence-electron chi connectivity index (χ3n) is 3.31. The van der Waals surface area contributed by atoms with Crippen LogP contribution in [0.4, 0.5) is 0 Å².